The Hall–Kier alpha value is -2.08. The zero-order valence-corrected chi connectivity index (χ0v) is 18.4. The lowest BCUT2D eigenvalue weighted by atomic mass is 10.0. The SMILES string of the molecule is CN1CCCN(C2CCN(c3ccc(Cl)c(-c4nc5ccccc5[nH]4)c3)CC2)CC1. The summed E-state index contributed by atoms with van der Waals surface area (Å²) < 4.78 is 0. The third-order valence-corrected chi connectivity index (χ3v) is 7.02. The summed E-state index contributed by atoms with van der Waals surface area (Å²) in [6, 6.07) is 15.2. The molecular weight excluding hydrogens is 394 g/mol. The fourth-order valence-electron chi connectivity index (χ4n) is 4.89. The van der Waals surface area contributed by atoms with E-state index in [-0.39, 0.29) is 0 Å². The molecular formula is C24H30ClN5. The van der Waals surface area contributed by atoms with E-state index < -0.39 is 0 Å². The summed E-state index contributed by atoms with van der Waals surface area (Å²) >= 11 is 6.56. The van der Waals surface area contributed by atoms with Crippen molar-refractivity contribution in [2.75, 3.05) is 51.2 Å². The second-order valence-electron chi connectivity index (χ2n) is 8.68. The van der Waals surface area contributed by atoms with Gasteiger partial charge in [-0.2, -0.15) is 0 Å². The van der Waals surface area contributed by atoms with E-state index in [1.54, 1.807) is 0 Å². The topological polar surface area (TPSA) is 38.4 Å². The molecule has 0 radical (unpaired) electrons. The van der Waals surface area contributed by atoms with Crippen molar-refractivity contribution in [2.24, 2.45) is 0 Å². The van der Waals surface area contributed by atoms with Gasteiger partial charge in [0.25, 0.3) is 0 Å². The van der Waals surface area contributed by atoms with Crippen LogP contribution in [0, 0.1) is 0 Å². The van der Waals surface area contributed by atoms with Crippen LogP contribution in [-0.2, 0) is 0 Å². The predicted molar refractivity (Wildman–Crippen MR) is 125 cm³/mol. The van der Waals surface area contributed by atoms with Gasteiger partial charge in [0.05, 0.1) is 16.1 Å². The fraction of sp³-hybridized carbons (Fsp3) is 0.458. The number of imidazole rings is 1. The molecule has 0 unspecified atom stereocenters. The fourth-order valence-corrected chi connectivity index (χ4v) is 5.10. The predicted octanol–water partition coefficient (Wildman–Crippen LogP) is 4.49. The zero-order chi connectivity index (χ0) is 20.5. The minimum absolute atomic E-state index is 0.717. The van der Waals surface area contributed by atoms with Crippen LogP contribution < -0.4 is 4.90 Å². The summed E-state index contributed by atoms with van der Waals surface area (Å²) in [5, 5.41) is 0.737. The first-order valence-corrected chi connectivity index (χ1v) is 11.5. The van der Waals surface area contributed by atoms with E-state index in [0.29, 0.717) is 0 Å². The molecule has 0 spiro atoms. The minimum Gasteiger partial charge on any atom is -0.371 e. The van der Waals surface area contributed by atoms with Crippen molar-refractivity contribution < 1.29 is 0 Å². The zero-order valence-electron chi connectivity index (χ0n) is 17.6. The Morgan fingerprint density at radius 3 is 2.63 bits per heavy atom. The molecule has 0 amide bonds. The monoisotopic (exact) mass is 423 g/mol. The quantitative estimate of drug-likeness (QED) is 0.673. The molecule has 3 aromatic rings. The summed E-state index contributed by atoms with van der Waals surface area (Å²) in [6.07, 6.45) is 3.74. The standard InChI is InChI=1S/C24H30ClN5/c1-28-11-4-12-29(16-15-28)18-9-13-30(14-10-18)19-7-8-21(25)20(17-19)24-26-22-5-2-3-6-23(22)27-24/h2-3,5-8,17-18H,4,9-16H2,1H3,(H,26,27). The molecule has 2 saturated heterocycles. The van der Waals surface area contributed by atoms with Crippen LogP contribution in [0.15, 0.2) is 42.5 Å². The van der Waals surface area contributed by atoms with E-state index in [4.69, 9.17) is 16.6 Å². The van der Waals surface area contributed by atoms with Gasteiger partial charge in [-0.15, -0.1) is 0 Å². The molecule has 5 nitrogen and oxygen atoms in total. The molecule has 1 aromatic heterocycles. The lowest BCUT2D eigenvalue weighted by Gasteiger charge is -2.39. The van der Waals surface area contributed by atoms with Gasteiger partial charge in [0.2, 0.25) is 0 Å². The van der Waals surface area contributed by atoms with Gasteiger partial charge in [0, 0.05) is 43.5 Å². The number of aromatic amines is 1. The number of fused-ring (bicyclic) bond motifs is 1. The van der Waals surface area contributed by atoms with Gasteiger partial charge in [-0.3, -0.25) is 4.90 Å². The van der Waals surface area contributed by atoms with Gasteiger partial charge in [-0.1, -0.05) is 23.7 Å². The minimum atomic E-state index is 0.717. The van der Waals surface area contributed by atoms with Crippen LogP contribution >= 0.6 is 11.6 Å². The van der Waals surface area contributed by atoms with Gasteiger partial charge >= 0.3 is 0 Å². The largest absolute Gasteiger partial charge is 0.371 e. The number of anilines is 1. The molecule has 6 heteroatoms. The maximum Gasteiger partial charge on any atom is 0.140 e. The Kier molecular flexibility index (Phi) is 5.68. The Morgan fingerprint density at radius 1 is 0.967 bits per heavy atom. The maximum atomic E-state index is 6.56. The Balaban J connectivity index is 1.30. The first-order chi connectivity index (χ1) is 14.7. The number of aromatic nitrogens is 2. The highest BCUT2D eigenvalue weighted by molar-refractivity contribution is 6.33. The van der Waals surface area contributed by atoms with Crippen molar-refractivity contribution in [1.29, 1.82) is 0 Å². The van der Waals surface area contributed by atoms with Crippen molar-refractivity contribution in [3.63, 3.8) is 0 Å². The van der Waals surface area contributed by atoms with Crippen LogP contribution in [0.2, 0.25) is 5.02 Å². The van der Waals surface area contributed by atoms with Crippen molar-refractivity contribution in [3.8, 4) is 11.4 Å². The molecule has 1 N–H and O–H groups in total. The number of hydrogen-bond donors (Lipinski definition) is 1. The van der Waals surface area contributed by atoms with E-state index in [0.717, 1.165) is 46.6 Å². The number of H-pyrrole nitrogens is 1. The molecule has 2 aromatic carbocycles. The second kappa shape index (κ2) is 8.58. The molecule has 30 heavy (non-hydrogen) atoms. The van der Waals surface area contributed by atoms with E-state index in [9.17, 15) is 0 Å². The number of benzene rings is 2. The Labute approximate surface area is 183 Å². The van der Waals surface area contributed by atoms with Crippen molar-refractivity contribution in [3.05, 3.63) is 47.5 Å². The van der Waals surface area contributed by atoms with Gasteiger partial charge in [-0.25, -0.2) is 4.98 Å². The molecule has 5 rings (SSSR count). The van der Waals surface area contributed by atoms with Gasteiger partial charge in [-0.05, 0) is 69.7 Å². The molecule has 0 bridgehead atoms. The average molecular weight is 424 g/mol. The number of piperidine rings is 1. The van der Waals surface area contributed by atoms with Gasteiger partial charge in [0.15, 0.2) is 0 Å². The Morgan fingerprint density at radius 2 is 1.80 bits per heavy atom. The van der Waals surface area contributed by atoms with Crippen LogP contribution in [0.1, 0.15) is 19.3 Å². The smallest absolute Gasteiger partial charge is 0.140 e. The molecule has 0 atom stereocenters. The number of likely N-dealkylation sites (N-methyl/N-ethyl adjacent to an activating group) is 1. The summed E-state index contributed by atoms with van der Waals surface area (Å²) in [7, 11) is 2.24. The first-order valence-electron chi connectivity index (χ1n) is 11.1. The summed E-state index contributed by atoms with van der Waals surface area (Å²) in [4.78, 5) is 15.9. The highest BCUT2D eigenvalue weighted by atomic mass is 35.5. The first kappa shape index (κ1) is 19.9. The third kappa shape index (κ3) is 4.07. The van der Waals surface area contributed by atoms with Crippen LogP contribution in [0.3, 0.4) is 0 Å². The van der Waals surface area contributed by atoms with Gasteiger partial charge < -0.3 is 14.8 Å². The normalized spacial score (nSPS) is 20.0. The van der Waals surface area contributed by atoms with Crippen molar-refractivity contribution in [1.82, 2.24) is 19.8 Å². The van der Waals surface area contributed by atoms with Crippen LogP contribution in [0.25, 0.3) is 22.4 Å². The average Bonchev–Trinajstić information content (AvgIpc) is 3.09. The lowest BCUT2D eigenvalue weighted by Crippen LogP contribution is -2.46. The van der Waals surface area contributed by atoms with Crippen LogP contribution in [0.5, 0.6) is 0 Å². The third-order valence-electron chi connectivity index (χ3n) is 6.69. The number of nitrogens with one attached hydrogen (secondary N) is 1. The number of halogens is 1. The maximum absolute atomic E-state index is 6.56. The highest BCUT2D eigenvalue weighted by Crippen LogP contribution is 2.33. The van der Waals surface area contributed by atoms with Crippen LogP contribution in [0.4, 0.5) is 5.69 Å². The van der Waals surface area contributed by atoms with E-state index in [2.05, 4.69) is 44.9 Å². The number of para-hydroxylation sites is 2. The summed E-state index contributed by atoms with van der Waals surface area (Å²) in [5.74, 6) is 0.839. The molecule has 2 aliphatic rings. The van der Waals surface area contributed by atoms with E-state index in [1.807, 2.05) is 24.3 Å². The van der Waals surface area contributed by atoms with E-state index in [1.165, 1.54) is 51.1 Å². The molecule has 0 aliphatic carbocycles. The van der Waals surface area contributed by atoms with Crippen LogP contribution in [-0.4, -0.2) is 72.1 Å². The number of nitrogens with zero attached hydrogens (tertiary/aromatic N) is 4. The molecule has 158 valence electrons. The Bertz CT molecular complexity index is 975. The second-order valence-corrected chi connectivity index (χ2v) is 9.08. The lowest BCUT2D eigenvalue weighted by molar-refractivity contribution is 0.174. The highest BCUT2D eigenvalue weighted by Gasteiger charge is 2.26. The van der Waals surface area contributed by atoms with Crippen molar-refractivity contribution in [2.45, 2.75) is 25.3 Å². The van der Waals surface area contributed by atoms with Gasteiger partial charge in [0.1, 0.15) is 5.82 Å². The summed E-state index contributed by atoms with van der Waals surface area (Å²) in [6.45, 7) is 7.06. The summed E-state index contributed by atoms with van der Waals surface area (Å²) in [5.41, 5.74) is 4.22. The van der Waals surface area contributed by atoms with E-state index >= 15 is 0 Å². The van der Waals surface area contributed by atoms with Crippen molar-refractivity contribution >= 4 is 28.3 Å². The number of hydrogen-bond acceptors (Lipinski definition) is 4. The molecule has 2 fully saturated rings. The number of rotatable bonds is 3. The molecule has 0 saturated carbocycles. The molecule has 3 heterocycles. The molecule has 2 aliphatic heterocycles.